The molecule has 1 unspecified atom stereocenters. The first-order chi connectivity index (χ1) is 7.75. The second-order valence-electron chi connectivity index (χ2n) is 3.79. The molecule has 0 aliphatic carbocycles. The fraction of sp³-hybridized carbons (Fsp3) is 0.417. The summed E-state index contributed by atoms with van der Waals surface area (Å²) < 4.78 is 11.0. The van der Waals surface area contributed by atoms with Crippen LogP contribution in [0.4, 0.5) is 0 Å². The minimum absolute atomic E-state index is 0.0874. The largest absolute Gasteiger partial charge is 0.488 e. The predicted molar refractivity (Wildman–Crippen MR) is 57.9 cm³/mol. The Balaban J connectivity index is 1.96. The van der Waals surface area contributed by atoms with Crippen LogP contribution in [0.15, 0.2) is 24.3 Å². The van der Waals surface area contributed by atoms with Gasteiger partial charge in [-0.25, -0.2) is 4.79 Å². The molecule has 0 spiro atoms. The molecule has 1 heterocycles. The number of ether oxygens (including phenoxy) is 2. The van der Waals surface area contributed by atoms with Crippen LogP contribution in [0.2, 0.25) is 0 Å². The Morgan fingerprint density at radius 3 is 2.69 bits per heavy atom. The molecule has 1 aromatic carbocycles. The van der Waals surface area contributed by atoms with Crippen molar-refractivity contribution >= 4 is 5.97 Å². The lowest BCUT2D eigenvalue weighted by Crippen LogP contribution is -2.27. The molecule has 16 heavy (non-hydrogen) atoms. The van der Waals surface area contributed by atoms with Crippen molar-refractivity contribution in [3.8, 4) is 5.75 Å². The summed E-state index contributed by atoms with van der Waals surface area (Å²) in [5.41, 5.74) is 0.271. The zero-order valence-corrected chi connectivity index (χ0v) is 8.89. The molecule has 0 radical (unpaired) electrons. The van der Waals surface area contributed by atoms with E-state index in [1.54, 1.807) is 24.3 Å². The number of aromatic carboxylic acids is 1. The molecule has 0 bridgehead atoms. The molecule has 4 nitrogen and oxygen atoms in total. The Morgan fingerprint density at radius 2 is 2.12 bits per heavy atom. The van der Waals surface area contributed by atoms with Crippen LogP contribution in [0.25, 0.3) is 0 Å². The van der Waals surface area contributed by atoms with Gasteiger partial charge in [0.15, 0.2) is 0 Å². The molecule has 1 atom stereocenters. The van der Waals surface area contributed by atoms with Crippen LogP contribution in [-0.2, 0) is 4.74 Å². The molecule has 4 heteroatoms. The highest BCUT2D eigenvalue weighted by atomic mass is 16.5. The summed E-state index contributed by atoms with van der Waals surface area (Å²) >= 11 is 0. The zero-order chi connectivity index (χ0) is 11.4. The van der Waals surface area contributed by atoms with Crippen LogP contribution in [-0.4, -0.2) is 30.4 Å². The predicted octanol–water partition coefficient (Wildman–Crippen LogP) is 1.94. The molecule has 2 rings (SSSR count). The zero-order valence-electron chi connectivity index (χ0n) is 8.89. The van der Waals surface area contributed by atoms with Gasteiger partial charge in [0.1, 0.15) is 11.9 Å². The van der Waals surface area contributed by atoms with E-state index < -0.39 is 5.97 Å². The first-order valence-electron chi connectivity index (χ1n) is 5.33. The second kappa shape index (κ2) is 4.99. The molecular weight excluding hydrogens is 208 g/mol. The van der Waals surface area contributed by atoms with Gasteiger partial charge in [-0.2, -0.15) is 0 Å². The molecule has 0 saturated carbocycles. The lowest BCUT2D eigenvalue weighted by molar-refractivity contribution is 0.00742. The summed E-state index contributed by atoms with van der Waals surface area (Å²) in [6.07, 6.45) is 2.09. The van der Waals surface area contributed by atoms with Gasteiger partial charge < -0.3 is 14.6 Å². The third-order valence-corrected chi connectivity index (χ3v) is 2.52. The van der Waals surface area contributed by atoms with Gasteiger partial charge in [0.05, 0.1) is 12.2 Å². The van der Waals surface area contributed by atoms with Crippen molar-refractivity contribution in [3.05, 3.63) is 29.8 Å². The fourth-order valence-corrected chi connectivity index (χ4v) is 1.67. The monoisotopic (exact) mass is 222 g/mol. The fourth-order valence-electron chi connectivity index (χ4n) is 1.67. The van der Waals surface area contributed by atoms with Gasteiger partial charge >= 0.3 is 5.97 Å². The Hall–Kier alpha value is -1.55. The number of carboxylic acids is 1. The third kappa shape index (κ3) is 2.73. The molecule has 1 saturated heterocycles. The van der Waals surface area contributed by atoms with Gasteiger partial charge in [0.25, 0.3) is 0 Å². The number of hydrogen-bond acceptors (Lipinski definition) is 3. The van der Waals surface area contributed by atoms with Gasteiger partial charge in [-0.1, -0.05) is 0 Å². The maximum absolute atomic E-state index is 10.6. The number of rotatable bonds is 3. The number of benzene rings is 1. The molecule has 1 N–H and O–H groups in total. The summed E-state index contributed by atoms with van der Waals surface area (Å²) in [6, 6.07) is 6.44. The maximum Gasteiger partial charge on any atom is 0.335 e. The lowest BCUT2D eigenvalue weighted by Gasteiger charge is -2.23. The van der Waals surface area contributed by atoms with Gasteiger partial charge in [0.2, 0.25) is 0 Å². The van der Waals surface area contributed by atoms with Crippen molar-refractivity contribution in [1.82, 2.24) is 0 Å². The number of carboxylic acid groups (broad SMARTS) is 1. The summed E-state index contributed by atoms with van der Waals surface area (Å²) in [7, 11) is 0. The van der Waals surface area contributed by atoms with E-state index in [1.165, 1.54) is 0 Å². The van der Waals surface area contributed by atoms with E-state index in [-0.39, 0.29) is 11.7 Å². The number of carbonyl (C=O) groups is 1. The van der Waals surface area contributed by atoms with Crippen LogP contribution in [0, 0.1) is 0 Å². The summed E-state index contributed by atoms with van der Waals surface area (Å²) in [4.78, 5) is 10.6. The standard InChI is InChI=1S/C12H14O4/c13-12(14)9-3-5-10(6-4-9)16-11-2-1-7-15-8-11/h3-6,11H,1-2,7-8H2,(H,13,14). The first-order valence-corrected chi connectivity index (χ1v) is 5.33. The van der Waals surface area contributed by atoms with Crippen molar-refractivity contribution in [2.45, 2.75) is 18.9 Å². The van der Waals surface area contributed by atoms with Crippen molar-refractivity contribution in [3.63, 3.8) is 0 Å². The Morgan fingerprint density at radius 1 is 1.38 bits per heavy atom. The highest BCUT2D eigenvalue weighted by Crippen LogP contribution is 2.17. The van der Waals surface area contributed by atoms with Gasteiger partial charge in [-0.05, 0) is 37.1 Å². The van der Waals surface area contributed by atoms with Gasteiger partial charge in [-0.3, -0.25) is 0 Å². The molecule has 0 aromatic heterocycles. The minimum atomic E-state index is -0.924. The van der Waals surface area contributed by atoms with Crippen LogP contribution >= 0.6 is 0 Å². The van der Waals surface area contributed by atoms with E-state index in [1.807, 2.05) is 0 Å². The molecule has 1 aliphatic heterocycles. The van der Waals surface area contributed by atoms with Crippen molar-refractivity contribution in [1.29, 1.82) is 0 Å². The molecule has 1 aliphatic rings. The Kier molecular flexibility index (Phi) is 3.41. The van der Waals surface area contributed by atoms with Gasteiger partial charge in [0, 0.05) is 6.61 Å². The van der Waals surface area contributed by atoms with E-state index >= 15 is 0 Å². The number of hydrogen-bond donors (Lipinski definition) is 1. The SMILES string of the molecule is O=C(O)c1ccc(OC2CCCOC2)cc1. The van der Waals surface area contributed by atoms with E-state index in [9.17, 15) is 4.79 Å². The topological polar surface area (TPSA) is 55.8 Å². The van der Waals surface area contributed by atoms with Crippen molar-refractivity contribution < 1.29 is 19.4 Å². The van der Waals surface area contributed by atoms with Crippen LogP contribution < -0.4 is 4.74 Å². The average Bonchev–Trinajstić information content (AvgIpc) is 2.31. The second-order valence-corrected chi connectivity index (χ2v) is 3.79. The summed E-state index contributed by atoms with van der Waals surface area (Å²) in [5.74, 6) is -0.229. The Bertz CT molecular complexity index is 352. The molecular formula is C12H14O4. The highest BCUT2D eigenvalue weighted by Gasteiger charge is 2.15. The summed E-state index contributed by atoms with van der Waals surface area (Å²) in [5, 5.41) is 8.74. The lowest BCUT2D eigenvalue weighted by atomic mass is 10.1. The summed E-state index contributed by atoms with van der Waals surface area (Å²) in [6.45, 7) is 1.42. The van der Waals surface area contributed by atoms with E-state index in [4.69, 9.17) is 14.6 Å². The van der Waals surface area contributed by atoms with Crippen molar-refractivity contribution in [2.75, 3.05) is 13.2 Å². The van der Waals surface area contributed by atoms with E-state index in [0.717, 1.165) is 19.4 Å². The minimum Gasteiger partial charge on any atom is -0.488 e. The maximum atomic E-state index is 10.6. The average molecular weight is 222 g/mol. The smallest absolute Gasteiger partial charge is 0.335 e. The normalized spacial score (nSPS) is 20.4. The van der Waals surface area contributed by atoms with Crippen LogP contribution in [0.1, 0.15) is 23.2 Å². The highest BCUT2D eigenvalue weighted by molar-refractivity contribution is 5.87. The molecule has 1 fully saturated rings. The van der Waals surface area contributed by atoms with E-state index in [0.29, 0.717) is 12.4 Å². The van der Waals surface area contributed by atoms with Crippen LogP contribution in [0.3, 0.4) is 0 Å². The molecule has 1 aromatic rings. The van der Waals surface area contributed by atoms with E-state index in [2.05, 4.69) is 0 Å². The first kappa shape index (κ1) is 11.0. The quantitative estimate of drug-likeness (QED) is 0.849. The Labute approximate surface area is 93.8 Å². The van der Waals surface area contributed by atoms with Crippen molar-refractivity contribution in [2.24, 2.45) is 0 Å². The molecule has 0 amide bonds. The van der Waals surface area contributed by atoms with Crippen LogP contribution in [0.5, 0.6) is 5.75 Å². The third-order valence-electron chi connectivity index (χ3n) is 2.52. The molecule has 86 valence electrons. The van der Waals surface area contributed by atoms with Gasteiger partial charge in [-0.15, -0.1) is 0 Å².